The van der Waals surface area contributed by atoms with Crippen LogP contribution in [0.25, 0.3) is 17.2 Å². The zero-order valence-corrected chi connectivity index (χ0v) is 21.7. The van der Waals surface area contributed by atoms with Gasteiger partial charge in [-0.1, -0.05) is 18.6 Å². The number of nitrogens with one attached hydrogen (secondary N) is 1. The Hall–Kier alpha value is -2.84. The molecule has 2 aromatic rings. The van der Waals surface area contributed by atoms with Crippen LogP contribution in [0.5, 0.6) is 0 Å². The van der Waals surface area contributed by atoms with Crippen LogP contribution in [0.3, 0.4) is 0 Å². The Labute approximate surface area is 214 Å². The number of aromatic nitrogens is 2. The van der Waals surface area contributed by atoms with Gasteiger partial charge in [0.05, 0.1) is 11.9 Å². The number of halogens is 1. The van der Waals surface area contributed by atoms with Crippen LogP contribution in [0.4, 0.5) is 4.39 Å². The molecule has 2 saturated heterocycles. The molecule has 0 saturated carbocycles. The molecule has 0 bridgehead atoms. The second kappa shape index (κ2) is 12.4. The van der Waals surface area contributed by atoms with Gasteiger partial charge in [-0.2, -0.15) is 5.10 Å². The van der Waals surface area contributed by atoms with Crippen LogP contribution in [0.2, 0.25) is 0 Å². The van der Waals surface area contributed by atoms with Gasteiger partial charge in [-0.3, -0.25) is 14.4 Å². The predicted molar refractivity (Wildman–Crippen MR) is 143 cm³/mol. The van der Waals surface area contributed by atoms with Gasteiger partial charge < -0.3 is 10.2 Å². The molecule has 0 radical (unpaired) electrons. The topological polar surface area (TPSA) is 65.8 Å². The number of hydrogen-bond acceptors (Lipinski definition) is 5. The third-order valence-electron chi connectivity index (χ3n) is 7.55. The van der Waals surface area contributed by atoms with Crippen LogP contribution < -0.4 is 5.32 Å². The van der Waals surface area contributed by atoms with Crippen molar-refractivity contribution in [2.75, 3.05) is 39.4 Å². The molecule has 1 N–H and O–H groups in total. The molecule has 1 aromatic heterocycles. The number of alkyl halides is 1. The van der Waals surface area contributed by atoms with Crippen molar-refractivity contribution in [3.8, 4) is 11.1 Å². The maximum absolute atomic E-state index is 12.9. The van der Waals surface area contributed by atoms with E-state index in [-0.39, 0.29) is 18.5 Å². The second-order valence-electron chi connectivity index (χ2n) is 10.0. The first-order valence-corrected chi connectivity index (χ1v) is 13.1. The van der Waals surface area contributed by atoms with Crippen LogP contribution in [-0.4, -0.2) is 71.6 Å². The molecule has 0 atom stereocenters. The largest absolute Gasteiger partial charge is 0.310 e. The van der Waals surface area contributed by atoms with Crippen LogP contribution in [0, 0.1) is 12.8 Å². The van der Waals surface area contributed by atoms with E-state index in [1.54, 1.807) is 0 Å². The Morgan fingerprint density at radius 2 is 1.94 bits per heavy atom. The van der Waals surface area contributed by atoms with Crippen LogP contribution >= 0.6 is 0 Å². The SMILES string of the molecule is C=N/C(=C\c1cc(-c2cnn(C)c2CN2CCCCC2)ccc1C)NC(=O)C1CCN(CCF)CC1. The number of carbonyl (C=O) groups is 1. The van der Waals surface area contributed by atoms with E-state index in [1.165, 1.54) is 25.0 Å². The minimum atomic E-state index is -0.346. The number of nitrogens with zero attached hydrogens (tertiary/aromatic N) is 5. The van der Waals surface area contributed by atoms with Crippen molar-refractivity contribution in [1.82, 2.24) is 24.9 Å². The lowest BCUT2D eigenvalue weighted by molar-refractivity contribution is -0.125. The fraction of sp³-hybridized carbons (Fsp3) is 0.536. The first-order chi connectivity index (χ1) is 17.5. The standard InChI is InChI=1S/C28H39FN6O/c1-21-7-8-23(25-19-31-33(3)26(25)20-35-12-5-4-6-13-35)17-24(21)18-27(30-2)32-28(36)22-9-14-34(15-10-22)16-11-29/h7-8,17-19,22H,2,4-6,9-16,20H2,1,3H3,(H,32,36)/b27-18+. The van der Waals surface area contributed by atoms with Gasteiger partial charge in [0.25, 0.3) is 0 Å². The molecule has 36 heavy (non-hydrogen) atoms. The summed E-state index contributed by atoms with van der Waals surface area (Å²) in [5.41, 5.74) is 5.53. The number of aryl methyl sites for hydroxylation is 2. The van der Waals surface area contributed by atoms with E-state index in [0.29, 0.717) is 12.4 Å². The molecule has 4 rings (SSSR count). The van der Waals surface area contributed by atoms with Gasteiger partial charge in [-0.05, 0) is 94.3 Å². The van der Waals surface area contributed by atoms with Crippen molar-refractivity contribution in [2.24, 2.45) is 18.0 Å². The van der Waals surface area contributed by atoms with E-state index in [0.717, 1.165) is 67.8 Å². The number of carbonyl (C=O) groups excluding carboxylic acids is 1. The Morgan fingerprint density at radius 1 is 1.19 bits per heavy atom. The van der Waals surface area contributed by atoms with Crippen molar-refractivity contribution in [1.29, 1.82) is 0 Å². The van der Waals surface area contributed by atoms with Crippen LogP contribution in [0.1, 0.15) is 48.9 Å². The number of amides is 1. The van der Waals surface area contributed by atoms with Gasteiger partial charge in [0, 0.05) is 31.6 Å². The lowest BCUT2D eigenvalue weighted by Crippen LogP contribution is -2.40. The first-order valence-electron chi connectivity index (χ1n) is 13.1. The summed E-state index contributed by atoms with van der Waals surface area (Å²) < 4.78 is 14.6. The highest BCUT2D eigenvalue weighted by atomic mass is 19.1. The summed E-state index contributed by atoms with van der Waals surface area (Å²) >= 11 is 0. The second-order valence-corrected chi connectivity index (χ2v) is 10.0. The quantitative estimate of drug-likeness (QED) is 0.531. The van der Waals surface area contributed by atoms with Gasteiger partial charge in [-0.25, -0.2) is 9.38 Å². The minimum absolute atomic E-state index is 0.0431. The molecule has 8 heteroatoms. The summed E-state index contributed by atoms with van der Waals surface area (Å²) in [6, 6.07) is 6.37. The van der Waals surface area contributed by atoms with Crippen molar-refractivity contribution in [3.05, 3.63) is 47.0 Å². The van der Waals surface area contributed by atoms with Gasteiger partial charge in [0.2, 0.25) is 5.91 Å². The van der Waals surface area contributed by atoms with E-state index >= 15 is 0 Å². The fourth-order valence-corrected chi connectivity index (χ4v) is 5.22. The molecule has 3 heterocycles. The first kappa shape index (κ1) is 26.2. The number of piperidine rings is 2. The lowest BCUT2D eigenvalue weighted by atomic mass is 9.96. The number of rotatable bonds is 9. The van der Waals surface area contributed by atoms with Crippen molar-refractivity contribution in [3.63, 3.8) is 0 Å². The third kappa shape index (κ3) is 6.48. The molecule has 2 aliphatic rings. The van der Waals surface area contributed by atoms with Crippen LogP contribution in [0.15, 0.2) is 35.2 Å². The molecular weight excluding hydrogens is 455 g/mol. The number of likely N-dealkylation sites (tertiary alicyclic amines) is 2. The summed E-state index contributed by atoms with van der Waals surface area (Å²) in [6.07, 6.45) is 9.12. The van der Waals surface area contributed by atoms with E-state index in [1.807, 2.05) is 24.0 Å². The summed E-state index contributed by atoms with van der Waals surface area (Å²) in [5, 5.41) is 7.53. The Kier molecular flexibility index (Phi) is 9.04. The summed E-state index contributed by atoms with van der Waals surface area (Å²) in [5.74, 6) is 0.316. The molecule has 1 aromatic carbocycles. The van der Waals surface area contributed by atoms with Gasteiger partial charge >= 0.3 is 0 Å². The highest BCUT2D eigenvalue weighted by Crippen LogP contribution is 2.28. The van der Waals surface area contributed by atoms with E-state index in [4.69, 9.17) is 0 Å². The molecule has 2 aliphatic heterocycles. The average Bonchev–Trinajstić information content (AvgIpc) is 3.25. The van der Waals surface area contributed by atoms with Crippen molar-refractivity contribution < 1.29 is 9.18 Å². The highest BCUT2D eigenvalue weighted by molar-refractivity contribution is 5.82. The number of benzene rings is 1. The van der Waals surface area contributed by atoms with Gasteiger partial charge in [-0.15, -0.1) is 0 Å². The monoisotopic (exact) mass is 494 g/mol. The lowest BCUT2D eigenvalue weighted by Gasteiger charge is -2.30. The average molecular weight is 495 g/mol. The van der Waals surface area contributed by atoms with E-state index < -0.39 is 0 Å². The molecule has 0 aliphatic carbocycles. The van der Waals surface area contributed by atoms with Crippen molar-refractivity contribution in [2.45, 2.75) is 45.6 Å². The Balaban J connectivity index is 1.49. The Bertz CT molecular complexity index is 1080. The maximum Gasteiger partial charge on any atom is 0.228 e. The summed E-state index contributed by atoms with van der Waals surface area (Å²) in [7, 11) is 2.01. The predicted octanol–water partition coefficient (Wildman–Crippen LogP) is 4.18. The molecular formula is C28H39FN6O. The van der Waals surface area contributed by atoms with Crippen LogP contribution in [-0.2, 0) is 18.4 Å². The third-order valence-corrected chi connectivity index (χ3v) is 7.55. The zero-order chi connectivity index (χ0) is 25.5. The zero-order valence-electron chi connectivity index (χ0n) is 21.7. The fourth-order valence-electron chi connectivity index (χ4n) is 5.22. The van der Waals surface area contributed by atoms with E-state index in [2.05, 4.69) is 57.0 Å². The normalized spacial score (nSPS) is 18.4. The molecule has 0 spiro atoms. The van der Waals surface area contributed by atoms with Crippen molar-refractivity contribution >= 4 is 18.7 Å². The smallest absolute Gasteiger partial charge is 0.228 e. The van der Waals surface area contributed by atoms with E-state index in [9.17, 15) is 9.18 Å². The molecule has 7 nitrogen and oxygen atoms in total. The van der Waals surface area contributed by atoms with Gasteiger partial charge in [0.15, 0.2) is 0 Å². The highest BCUT2D eigenvalue weighted by Gasteiger charge is 2.25. The molecule has 2 fully saturated rings. The summed E-state index contributed by atoms with van der Waals surface area (Å²) in [4.78, 5) is 21.6. The molecule has 1 amide bonds. The minimum Gasteiger partial charge on any atom is -0.310 e. The Morgan fingerprint density at radius 3 is 2.64 bits per heavy atom. The molecule has 0 unspecified atom stereocenters. The summed E-state index contributed by atoms with van der Waals surface area (Å²) in [6.45, 7) is 10.5. The maximum atomic E-state index is 12.9. The number of aliphatic imine (C=N–C) groups is 1. The molecule has 194 valence electrons. The number of hydrogen-bond donors (Lipinski definition) is 1. The van der Waals surface area contributed by atoms with Gasteiger partial charge in [0.1, 0.15) is 12.5 Å².